The zero-order valence-corrected chi connectivity index (χ0v) is 15.3. The molecule has 2 heterocycles. The van der Waals surface area contributed by atoms with Crippen molar-refractivity contribution in [1.29, 1.82) is 0 Å². The summed E-state index contributed by atoms with van der Waals surface area (Å²) in [6, 6.07) is 5.94. The number of hydrogen-bond donors (Lipinski definition) is 1. The number of benzene rings is 1. The van der Waals surface area contributed by atoms with E-state index in [4.69, 9.17) is 4.74 Å². The second kappa shape index (κ2) is 8.01. The lowest BCUT2D eigenvalue weighted by molar-refractivity contribution is -0.148. The van der Waals surface area contributed by atoms with Crippen molar-refractivity contribution >= 4 is 11.8 Å². The lowest BCUT2D eigenvalue weighted by atomic mass is 9.93. The minimum Gasteiger partial charge on any atom is -0.365 e. The summed E-state index contributed by atoms with van der Waals surface area (Å²) in [5.74, 6) is -0.422. The van der Waals surface area contributed by atoms with Crippen molar-refractivity contribution in [2.75, 3.05) is 19.7 Å². The maximum absolute atomic E-state index is 13.0. The van der Waals surface area contributed by atoms with Crippen LogP contribution in [0.25, 0.3) is 11.4 Å². The first-order valence-corrected chi connectivity index (χ1v) is 9.32. The molecule has 2 amide bonds. The van der Waals surface area contributed by atoms with E-state index in [1.165, 1.54) is 16.9 Å². The van der Waals surface area contributed by atoms with Crippen LogP contribution < -0.4 is 5.32 Å². The quantitative estimate of drug-likeness (QED) is 0.794. The van der Waals surface area contributed by atoms with Crippen LogP contribution in [0.4, 0.5) is 4.39 Å². The van der Waals surface area contributed by atoms with E-state index >= 15 is 0 Å². The highest BCUT2D eigenvalue weighted by Gasteiger charge is 2.31. The average molecular weight is 388 g/mol. The Bertz CT molecular complexity index is 851. The number of halogens is 1. The summed E-state index contributed by atoms with van der Waals surface area (Å²) in [4.78, 5) is 27.6. The van der Waals surface area contributed by atoms with Gasteiger partial charge in [0.25, 0.3) is 5.91 Å². The lowest BCUT2D eigenvalue weighted by Gasteiger charge is -2.34. The highest BCUT2D eigenvalue weighted by molar-refractivity contribution is 5.83. The van der Waals surface area contributed by atoms with Gasteiger partial charge in [-0.1, -0.05) is 0 Å². The maximum atomic E-state index is 13.0. The van der Waals surface area contributed by atoms with Gasteiger partial charge < -0.3 is 15.0 Å². The summed E-state index contributed by atoms with van der Waals surface area (Å²) in [5, 5.41) is 14.9. The first-order valence-electron chi connectivity index (χ1n) is 9.32. The van der Waals surface area contributed by atoms with Crippen molar-refractivity contribution in [3.63, 3.8) is 0 Å². The fourth-order valence-corrected chi connectivity index (χ4v) is 3.13. The Labute approximate surface area is 160 Å². The summed E-state index contributed by atoms with van der Waals surface area (Å²) in [5.41, 5.74) is 0.610. The molecule has 1 N–H and O–H groups in total. The van der Waals surface area contributed by atoms with Gasteiger partial charge >= 0.3 is 0 Å². The van der Waals surface area contributed by atoms with Crippen molar-refractivity contribution in [2.45, 2.75) is 38.0 Å². The molecular formula is C18H21FN6O3. The molecule has 1 saturated heterocycles. The lowest BCUT2D eigenvalue weighted by Crippen LogP contribution is -2.54. The molecule has 2 aromatic rings. The van der Waals surface area contributed by atoms with Crippen LogP contribution in [0.15, 0.2) is 24.3 Å². The van der Waals surface area contributed by atoms with Crippen LogP contribution in [-0.4, -0.2) is 68.8 Å². The Morgan fingerprint density at radius 2 is 2.04 bits per heavy atom. The number of amides is 2. The van der Waals surface area contributed by atoms with Crippen molar-refractivity contribution in [3.8, 4) is 11.4 Å². The summed E-state index contributed by atoms with van der Waals surface area (Å²) in [7, 11) is 0. The first-order chi connectivity index (χ1) is 13.6. The smallest absolute Gasteiger partial charge is 0.251 e. The van der Waals surface area contributed by atoms with E-state index in [1.54, 1.807) is 17.0 Å². The molecule has 9 nitrogen and oxygen atoms in total. The Morgan fingerprint density at radius 3 is 2.75 bits per heavy atom. The maximum Gasteiger partial charge on any atom is 0.251 e. The van der Waals surface area contributed by atoms with Crippen LogP contribution in [0.3, 0.4) is 0 Å². The van der Waals surface area contributed by atoms with Crippen LogP contribution in [0.2, 0.25) is 0 Å². The van der Waals surface area contributed by atoms with Crippen molar-refractivity contribution in [1.82, 2.24) is 30.4 Å². The average Bonchev–Trinajstić information content (AvgIpc) is 3.13. The number of ether oxygens (including phenoxy) is 1. The predicted molar refractivity (Wildman–Crippen MR) is 95.3 cm³/mol. The van der Waals surface area contributed by atoms with Crippen LogP contribution >= 0.6 is 0 Å². The highest BCUT2D eigenvalue weighted by Crippen LogP contribution is 2.19. The molecule has 1 unspecified atom stereocenters. The molecule has 1 atom stereocenters. The molecule has 1 aliphatic carbocycles. The number of carbonyl (C=O) groups is 2. The van der Waals surface area contributed by atoms with Gasteiger partial charge in [0.2, 0.25) is 11.7 Å². The number of nitrogens with one attached hydrogen (secondary N) is 1. The van der Waals surface area contributed by atoms with Gasteiger partial charge in [0.1, 0.15) is 12.4 Å². The number of tetrazole rings is 1. The second-order valence-corrected chi connectivity index (χ2v) is 6.99. The summed E-state index contributed by atoms with van der Waals surface area (Å²) < 4.78 is 18.5. The molecule has 2 fully saturated rings. The predicted octanol–water partition coefficient (Wildman–Crippen LogP) is 0.375. The molecule has 0 radical (unpaired) electrons. The zero-order chi connectivity index (χ0) is 19.5. The number of morpholine rings is 1. The van der Waals surface area contributed by atoms with Crippen LogP contribution in [0.5, 0.6) is 0 Å². The molecule has 1 saturated carbocycles. The van der Waals surface area contributed by atoms with E-state index in [0.717, 1.165) is 19.3 Å². The molecule has 28 heavy (non-hydrogen) atoms. The van der Waals surface area contributed by atoms with E-state index in [9.17, 15) is 14.0 Å². The first kappa shape index (κ1) is 18.5. The zero-order valence-electron chi connectivity index (χ0n) is 15.3. The Hall–Kier alpha value is -2.88. The SMILES string of the molecule is O=C(NC1CCC1)C1CN(C(=O)Cn2nnc(-c3ccc(F)cc3)n2)CCO1. The molecular weight excluding hydrogens is 367 g/mol. The topological polar surface area (TPSA) is 102 Å². The summed E-state index contributed by atoms with van der Waals surface area (Å²) >= 11 is 0. The van der Waals surface area contributed by atoms with Gasteiger partial charge in [-0.15, -0.1) is 10.2 Å². The van der Waals surface area contributed by atoms with Gasteiger partial charge in [0.05, 0.1) is 13.2 Å². The molecule has 2 aliphatic rings. The number of rotatable bonds is 5. The number of aromatic nitrogens is 4. The standard InChI is InChI=1S/C18H21FN6O3/c19-13-6-4-12(5-7-13)17-21-23-25(22-17)11-16(26)24-8-9-28-15(10-24)18(27)20-14-2-1-3-14/h4-7,14-15H,1-3,8-11H2,(H,20,27). The van der Waals surface area contributed by atoms with Crippen molar-refractivity contribution in [2.24, 2.45) is 0 Å². The molecule has 0 bridgehead atoms. The monoisotopic (exact) mass is 388 g/mol. The Morgan fingerprint density at radius 1 is 1.25 bits per heavy atom. The van der Waals surface area contributed by atoms with E-state index in [-0.39, 0.29) is 36.8 Å². The van der Waals surface area contributed by atoms with Crippen LogP contribution in [0.1, 0.15) is 19.3 Å². The Kier molecular flexibility index (Phi) is 5.29. The van der Waals surface area contributed by atoms with E-state index in [0.29, 0.717) is 24.5 Å². The number of nitrogens with zero attached hydrogens (tertiary/aromatic N) is 5. The van der Waals surface area contributed by atoms with E-state index in [2.05, 4.69) is 20.7 Å². The number of hydrogen-bond acceptors (Lipinski definition) is 6. The fourth-order valence-electron chi connectivity index (χ4n) is 3.13. The molecule has 1 aliphatic heterocycles. The normalized spacial score (nSPS) is 19.9. The van der Waals surface area contributed by atoms with Crippen molar-refractivity contribution in [3.05, 3.63) is 30.1 Å². The van der Waals surface area contributed by atoms with Crippen LogP contribution in [-0.2, 0) is 20.9 Å². The van der Waals surface area contributed by atoms with Gasteiger partial charge in [0, 0.05) is 18.2 Å². The second-order valence-electron chi connectivity index (χ2n) is 6.99. The molecule has 1 aromatic carbocycles. The van der Waals surface area contributed by atoms with Gasteiger partial charge in [-0.3, -0.25) is 9.59 Å². The summed E-state index contributed by atoms with van der Waals surface area (Å²) in [6.45, 7) is 0.827. The van der Waals surface area contributed by atoms with Gasteiger partial charge in [-0.25, -0.2) is 4.39 Å². The number of carbonyl (C=O) groups excluding carboxylic acids is 2. The van der Waals surface area contributed by atoms with E-state index < -0.39 is 6.10 Å². The molecule has 148 valence electrons. The van der Waals surface area contributed by atoms with Gasteiger partial charge in [-0.2, -0.15) is 4.80 Å². The minimum atomic E-state index is -0.656. The van der Waals surface area contributed by atoms with Gasteiger partial charge in [0.15, 0.2) is 6.10 Å². The largest absolute Gasteiger partial charge is 0.365 e. The van der Waals surface area contributed by atoms with Crippen LogP contribution in [0, 0.1) is 5.82 Å². The Balaban J connectivity index is 1.34. The van der Waals surface area contributed by atoms with Gasteiger partial charge in [-0.05, 0) is 48.7 Å². The van der Waals surface area contributed by atoms with E-state index in [1.807, 2.05) is 0 Å². The third-order valence-corrected chi connectivity index (χ3v) is 5.00. The highest BCUT2D eigenvalue weighted by atomic mass is 19.1. The fraction of sp³-hybridized carbons (Fsp3) is 0.500. The molecule has 10 heteroatoms. The molecule has 4 rings (SSSR count). The molecule has 1 aromatic heterocycles. The minimum absolute atomic E-state index is 0.0921. The van der Waals surface area contributed by atoms with Crippen molar-refractivity contribution < 1.29 is 18.7 Å². The summed E-state index contributed by atoms with van der Waals surface area (Å²) in [6.07, 6.45) is 2.47. The third kappa shape index (κ3) is 4.16. The third-order valence-electron chi connectivity index (χ3n) is 5.00. The molecule has 0 spiro atoms.